The third-order valence-electron chi connectivity index (χ3n) is 2.48. The highest BCUT2D eigenvalue weighted by Gasteiger charge is 2.28. The number of benzene rings is 1. The summed E-state index contributed by atoms with van der Waals surface area (Å²) in [7, 11) is 0. The quantitative estimate of drug-likeness (QED) is 0.775. The van der Waals surface area contributed by atoms with E-state index >= 15 is 0 Å². The van der Waals surface area contributed by atoms with Gasteiger partial charge in [-0.3, -0.25) is 5.32 Å². The normalized spacial score (nSPS) is 26.7. The molecule has 0 spiro atoms. The molecule has 1 fully saturated rings. The van der Waals surface area contributed by atoms with Gasteiger partial charge in [0.25, 0.3) is 0 Å². The number of hydrogen-bond donors (Lipinski definition) is 1. The number of halogens is 1. The van der Waals surface area contributed by atoms with E-state index in [2.05, 4.69) is 5.32 Å². The molecule has 1 N–H and O–H groups in total. The van der Waals surface area contributed by atoms with Crippen LogP contribution in [-0.2, 0) is 11.2 Å². The van der Waals surface area contributed by atoms with Gasteiger partial charge in [0, 0.05) is 13.0 Å². The van der Waals surface area contributed by atoms with Crippen LogP contribution in [0.4, 0.5) is 4.39 Å². The molecule has 1 saturated heterocycles. The lowest BCUT2D eigenvalue weighted by molar-refractivity contribution is 0.00701. The van der Waals surface area contributed by atoms with Crippen molar-refractivity contribution in [2.45, 2.75) is 19.1 Å². The Labute approximate surface area is 83.1 Å². The highest BCUT2D eigenvalue weighted by molar-refractivity contribution is 5.18. The van der Waals surface area contributed by atoms with E-state index in [0.29, 0.717) is 0 Å². The van der Waals surface area contributed by atoms with Gasteiger partial charge in [-0.15, -0.1) is 0 Å². The van der Waals surface area contributed by atoms with Crippen LogP contribution in [0.2, 0.25) is 0 Å². The Morgan fingerprint density at radius 3 is 2.71 bits per heavy atom. The summed E-state index contributed by atoms with van der Waals surface area (Å²) in [6.07, 6.45) is 0.771. The van der Waals surface area contributed by atoms with Gasteiger partial charge in [-0.05, 0) is 24.6 Å². The number of ether oxygens (including phenoxy) is 1. The molecule has 14 heavy (non-hydrogen) atoms. The first kappa shape index (κ1) is 9.62. The Hall–Kier alpha value is -0.930. The highest BCUT2D eigenvalue weighted by atomic mass is 19.1. The van der Waals surface area contributed by atoms with Crippen molar-refractivity contribution >= 4 is 0 Å². The number of hydrogen-bond acceptors (Lipinski definition) is 2. The van der Waals surface area contributed by atoms with Crippen molar-refractivity contribution in [2.24, 2.45) is 0 Å². The largest absolute Gasteiger partial charge is 0.359 e. The molecule has 1 heterocycles. The van der Waals surface area contributed by atoms with Gasteiger partial charge in [-0.2, -0.15) is 0 Å². The van der Waals surface area contributed by atoms with Crippen molar-refractivity contribution in [3.05, 3.63) is 35.6 Å². The van der Waals surface area contributed by atoms with Crippen LogP contribution in [0.15, 0.2) is 24.3 Å². The molecule has 1 atom stereocenters. The Kier molecular flexibility index (Phi) is 2.52. The third-order valence-corrected chi connectivity index (χ3v) is 2.48. The van der Waals surface area contributed by atoms with Crippen LogP contribution in [0.3, 0.4) is 0 Å². The fourth-order valence-corrected chi connectivity index (χ4v) is 1.75. The summed E-state index contributed by atoms with van der Waals surface area (Å²) in [5.74, 6) is -0.195. The summed E-state index contributed by atoms with van der Waals surface area (Å²) in [5, 5.41) is 3.28. The minimum atomic E-state index is -0.280. The van der Waals surface area contributed by atoms with Crippen LogP contribution in [-0.4, -0.2) is 18.9 Å². The van der Waals surface area contributed by atoms with Gasteiger partial charge < -0.3 is 4.74 Å². The van der Waals surface area contributed by atoms with Crippen LogP contribution in [0.25, 0.3) is 0 Å². The van der Waals surface area contributed by atoms with Crippen molar-refractivity contribution < 1.29 is 9.13 Å². The molecule has 0 bridgehead atoms. The predicted molar refractivity (Wildman–Crippen MR) is 52.5 cm³/mol. The van der Waals surface area contributed by atoms with E-state index < -0.39 is 0 Å². The molecule has 0 radical (unpaired) electrons. The van der Waals surface area contributed by atoms with Crippen LogP contribution < -0.4 is 5.32 Å². The zero-order valence-corrected chi connectivity index (χ0v) is 8.22. The Morgan fingerprint density at radius 2 is 2.14 bits per heavy atom. The van der Waals surface area contributed by atoms with E-state index in [-0.39, 0.29) is 11.5 Å². The fourth-order valence-electron chi connectivity index (χ4n) is 1.75. The lowest BCUT2D eigenvalue weighted by Crippen LogP contribution is -2.39. The molecule has 1 aliphatic rings. The second kappa shape index (κ2) is 3.67. The van der Waals surface area contributed by atoms with Gasteiger partial charge >= 0.3 is 0 Å². The summed E-state index contributed by atoms with van der Waals surface area (Å²) in [6, 6.07) is 6.55. The molecule has 76 valence electrons. The topological polar surface area (TPSA) is 21.3 Å². The van der Waals surface area contributed by atoms with Crippen LogP contribution >= 0.6 is 0 Å². The second-order valence-corrected chi connectivity index (χ2v) is 3.81. The van der Waals surface area contributed by atoms with Crippen molar-refractivity contribution in [3.63, 3.8) is 0 Å². The minimum Gasteiger partial charge on any atom is -0.359 e. The predicted octanol–water partition coefficient (Wildman–Crippen LogP) is 1.70. The third kappa shape index (κ3) is 2.11. The summed E-state index contributed by atoms with van der Waals surface area (Å²) in [4.78, 5) is 0. The van der Waals surface area contributed by atoms with Crippen molar-refractivity contribution in [1.29, 1.82) is 0 Å². The molecule has 2 nitrogen and oxygen atoms in total. The number of rotatable bonds is 2. The summed E-state index contributed by atoms with van der Waals surface area (Å²) in [6.45, 7) is 3.65. The van der Waals surface area contributed by atoms with Gasteiger partial charge in [-0.1, -0.05) is 12.1 Å². The van der Waals surface area contributed by atoms with Crippen molar-refractivity contribution in [3.8, 4) is 0 Å². The van der Waals surface area contributed by atoms with Crippen LogP contribution in [0.1, 0.15) is 12.5 Å². The molecule has 1 aromatic carbocycles. The van der Waals surface area contributed by atoms with E-state index in [9.17, 15) is 4.39 Å². The first-order chi connectivity index (χ1) is 6.68. The molecule has 2 rings (SSSR count). The molecule has 0 amide bonds. The van der Waals surface area contributed by atoms with Crippen LogP contribution in [0, 0.1) is 5.82 Å². The summed E-state index contributed by atoms with van der Waals surface area (Å²) >= 11 is 0. The average molecular weight is 195 g/mol. The Bertz CT molecular complexity index is 304. The van der Waals surface area contributed by atoms with Crippen LogP contribution in [0.5, 0.6) is 0 Å². The van der Waals surface area contributed by atoms with Gasteiger partial charge in [0.15, 0.2) is 0 Å². The van der Waals surface area contributed by atoms with Crippen molar-refractivity contribution in [2.75, 3.05) is 13.2 Å². The van der Waals surface area contributed by atoms with Crippen molar-refractivity contribution in [1.82, 2.24) is 5.32 Å². The fraction of sp³-hybridized carbons (Fsp3) is 0.455. The first-order valence-electron chi connectivity index (χ1n) is 4.81. The molecular formula is C11H14FNO. The second-order valence-electron chi connectivity index (χ2n) is 3.81. The number of nitrogens with one attached hydrogen (secondary N) is 1. The van der Waals surface area contributed by atoms with E-state index in [0.717, 1.165) is 25.1 Å². The van der Waals surface area contributed by atoms with Gasteiger partial charge in [0.2, 0.25) is 0 Å². The minimum absolute atomic E-state index is 0.195. The van der Waals surface area contributed by atoms with E-state index in [1.54, 1.807) is 12.1 Å². The standard InChI is InChI=1S/C11H14FNO/c1-11(13-6-7-14-11)8-9-2-4-10(12)5-3-9/h2-5,13H,6-8H2,1H3. The Balaban J connectivity index is 2.06. The lowest BCUT2D eigenvalue weighted by Gasteiger charge is -2.23. The maximum atomic E-state index is 12.6. The van der Waals surface area contributed by atoms with Gasteiger partial charge in [-0.25, -0.2) is 4.39 Å². The summed E-state index contributed by atoms with van der Waals surface area (Å²) < 4.78 is 18.2. The first-order valence-corrected chi connectivity index (χ1v) is 4.81. The van der Waals surface area contributed by atoms with E-state index in [4.69, 9.17) is 4.74 Å². The molecule has 0 aromatic heterocycles. The van der Waals surface area contributed by atoms with Gasteiger partial charge in [0.05, 0.1) is 6.61 Å². The smallest absolute Gasteiger partial charge is 0.123 e. The zero-order chi connectivity index (χ0) is 10.0. The molecule has 1 aromatic rings. The summed E-state index contributed by atoms with van der Waals surface area (Å²) in [5.41, 5.74) is 0.806. The van der Waals surface area contributed by atoms with E-state index in [1.807, 2.05) is 6.92 Å². The maximum absolute atomic E-state index is 12.6. The molecule has 1 unspecified atom stereocenters. The maximum Gasteiger partial charge on any atom is 0.123 e. The van der Waals surface area contributed by atoms with Gasteiger partial charge in [0.1, 0.15) is 11.5 Å². The Morgan fingerprint density at radius 1 is 1.43 bits per heavy atom. The molecule has 0 aliphatic carbocycles. The zero-order valence-electron chi connectivity index (χ0n) is 8.22. The molecule has 1 aliphatic heterocycles. The lowest BCUT2D eigenvalue weighted by atomic mass is 10.0. The highest BCUT2D eigenvalue weighted by Crippen LogP contribution is 2.18. The van der Waals surface area contributed by atoms with E-state index in [1.165, 1.54) is 12.1 Å². The monoisotopic (exact) mass is 195 g/mol. The molecular weight excluding hydrogens is 181 g/mol. The average Bonchev–Trinajstić information content (AvgIpc) is 2.57. The SMILES string of the molecule is CC1(Cc2ccc(F)cc2)NCCO1. The molecule has 3 heteroatoms. The molecule has 0 saturated carbocycles.